The van der Waals surface area contributed by atoms with Gasteiger partial charge in [0.15, 0.2) is 0 Å². The molecule has 1 aromatic carbocycles. The van der Waals surface area contributed by atoms with E-state index in [2.05, 4.69) is 16.0 Å². The topological polar surface area (TPSA) is 117 Å². The van der Waals surface area contributed by atoms with Crippen LogP contribution in [-0.2, 0) is 20.9 Å². The number of alkyl carbamates (subject to hydrolysis) is 1. The molecule has 3 N–H and O–H groups in total. The van der Waals surface area contributed by atoms with Crippen molar-refractivity contribution in [2.24, 2.45) is 0 Å². The summed E-state index contributed by atoms with van der Waals surface area (Å²) in [6, 6.07) is 4.18. The molecule has 1 unspecified atom stereocenters. The van der Waals surface area contributed by atoms with Crippen LogP contribution in [0, 0.1) is 0 Å². The van der Waals surface area contributed by atoms with Crippen molar-refractivity contribution in [3.8, 4) is 0 Å². The van der Waals surface area contributed by atoms with Crippen LogP contribution in [0.25, 0.3) is 0 Å². The molecular weight excluding hydrogens is 438 g/mol. The van der Waals surface area contributed by atoms with E-state index in [1.807, 2.05) is 0 Å². The molecule has 0 bridgehead atoms. The molecule has 3 rings (SSSR count). The highest BCUT2D eigenvalue weighted by atomic mass is 19.3. The van der Waals surface area contributed by atoms with Crippen molar-refractivity contribution in [3.05, 3.63) is 29.3 Å². The summed E-state index contributed by atoms with van der Waals surface area (Å²) >= 11 is 0. The maximum atomic E-state index is 14.2. The van der Waals surface area contributed by atoms with Crippen molar-refractivity contribution in [1.82, 2.24) is 15.5 Å². The number of fused-ring (bicyclic) bond motifs is 1. The average molecular weight is 466 g/mol. The van der Waals surface area contributed by atoms with Crippen LogP contribution in [0.2, 0.25) is 0 Å². The molecule has 9 nitrogen and oxygen atoms in total. The van der Waals surface area contributed by atoms with Gasteiger partial charge in [-0.15, -0.1) is 0 Å². The predicted octanol–water partition coefficient (Wildman–Crippen LogP) is 2.41. The summed E-state index contributed by atoms with van der Waals surface area (Å²) in [4.78, 5) is 49.4. The largest absolute Gasteiger partial charge is 0.444 e. The van der Waals surface area contributed by atoms with E-state index < -0.39 is 42.5 Å². The van der Waals surface area contributed by atoms with Crippen LogP contribution < -0.4 is 16.0 Å². The van der Waals surface area contributed by atoms with Crippen molar-refractivity contribution in [2.75, 3.05) is 18.4 Å². The first-order valence-electron chi connectivity index (χ1n) is 10.7. The highest BCUT2D eigenvalue weighted by Gasteiger charge is 2.40. The number of imide groups is 1. The number of alkyl halides is 2. The van der Waals surface area contributed by atoms with Gasteiger partial charge in [0.05, 0.1) is 6.54 Å². The minimum atomic E-state index is -3.17. The highest BCUT2D eigenvalue weighted by molar-refractivity contribution is 6.06. The summed E-state index contributed by atoms with van der Waals surface area (Å²) in [5.74, 6) is -4.39. The first kappa shape index (κ1) is 24.4. The quantitative estimate of drug-likeness (QED) is 0.532. The fourth-order valence-corrected chi connectivity index (χ4v) is 3.74. The van der Waals surface area contributed by atoms with Crippen LogP contribution in [0.1, 0.15) is 56.0 Å². The Morgan fingerprint density at radius 2 is 1.97 bits per heavy atom. The van der Waals surface area contributed by atoms with E-state index in [0.29, 0.717) is 16.8 Å². The third kappa shape index (κ3) is 6.17. The second kappa shape index (κ2) is 9.32. The number of anilines is 1. The van der Waals surface area contributed by atoms with Crippen LogP contribution in [0.3, 0.4) is 0 Å². The van der Waals surface area contributed by atoms with E-state index >= 15 is 0 Å². The Morgan fingerprint density at radius 3 is 2.64 bits per heavy atom. The lowest BCUT2D eigenvalue weighted by molar-refractivity contribution is -0.136. The van der Waals surface area contributed by atoms with Crippen molar-refractivity contribution in [3.63, 3.8) is 0 Å². The third-order valence-corrected chi connectivity index (χ3v) is 5.28. The number of rotatable bonds is 7. The van der Waals surface area contributed by atoms with Gasteiger partial charge in [0.1, 0.15) is 11.6 Å². The molecule has 1 aromatic rings. The lowest BCUT2D eigenvalue weighted by Crippen LogP contribution is -2.52. The van der Waals surface area contributed by atoms with Gasteiger partial charge in [-0.25, -0.2) is 13.6 Å². The number of nitrogens with one attached hydrogen (secondary N) is 3. The van der Waals surface area contributed by atoms with E-state index in [1.54, 1.807) is 39.0 Å². The molecule has 2 aliphatic heterocycles. The van der Waals surface area contributed by atoms with Gasteiger partial charge in [-0.05, 0) is 39.3 Å². The van der Waals surface area contributed by atoms with Gasteiger partial charge in [0.25, 0.3) is 11.8 Å². The summed E-state index contributed by atoms with van der Waals surface area (Å²) in [6.07, 6.45) is -1.09. The Labute approximate surface area is 190 Å². The number of carbonyl (C=O) groups is 4. The monoisotopic (exact) mass is 466 g/mol. The number of nitrogens with zero attached hydrogens (tertiary/aromatic N) is 1. The Bertz CT molecular complexity index is 961. The summed E-state index contributed by atoms with van der Waals surface area (Å²) in [6.45, 7) is 4.08. The number of ether oxygens (including phenoxy) is 1. The standard InChI is InChI=1S/C22H28F2N4O5/c1-21(2,3)33-20(32)26-12-22(23,24)9-10-25-15-6-4-5-13-14(15)11-28(19(13)31)16-7-8-17(29)27-18(16)30/h4-6,16,25H,7-12H2,1-3H3,(H,26,32)(H,27,29,30). The Morgan fingerprint density at radius 1 is 1.24 bits per heavy atom. The molecule has 1 fully saturated rings. The minimum Gasteiger partial charge on any atom is -0.444 e. The van der Waals surface area contributed by atoms with Crippen LogP contribution in [0.4, 0.5) is 19.3 Å². The van der Waals surface area contributed by atoms with Crippen LogP contribution >= 0.6 is 0 Å². The molecule has 2 aliphatic rings. The second-order valence-corrected chi connectivity index (χ2v) is 9.12. The summed E-state index contributed by atoms with van der Waals surface area (Å²) in [5, 5.41) is 7.25. The van der Waals surface area contributed by atoms with Gasteiger partial charge in [-0.2, -0.15) is 0 Å². The van der Waals surface area contributed by atoms with Gasteiger partial charge in [0, 0.05) is 42.7 Å². The van der Waals surface area contributed by atoms with Gasteiger partial charge in [0.2, 0.25) is 11.8 Å². The molecule has 180 valence electrons. The molecule has 1 atom stereocenters. The number of benzene rings is 1. The van der Waals surface area contributed by atoms with E-state index in [9.17, 15) is 28.0 Å². The molecule has 33 heavy (non-hydrogen) atoms. The van der Waals surface area contributed by atoms with Crippen LogP contribution in [-0.4, -0.2) is 59.4 Å². The molecule has 2 heterocycles. The lowest BCUT2D eigenvalue weighted by Gasteiger charge is -2.29. The Hall–Kier alpha value is -3.24. The lowest BCUT2D eigenvalue weighted by atomic mass is 10.0. The number of carbonyl (C=O) groups excluding carboxylic acids is 4. The summed E-state index contributed by atoms with van der Waals surface area (Å²) in [7, 11) is 0. The molecular formula is C22H28F2N4O5. The SMILES string of the molecule is CC(C)(C)OC(=O)NCC(F)(F)CCNc1cccc2c1CN(C1CCC(=O)NC1=O)C2=O. The van der Waals surface area contributed by atoms with E-state index in [1.165, 1.54) is 4.90 Å². The molecule has 0 radical (unpaired) electrons. The van der Waals surface area contributed by atoms with Gasteiger partial charge >= 0.3 is 6.09 Å². The van der Waals surface area contributed by atoms with Crippen molar-refractivity contribution < 1.29 is 32.7 Å². The molecule has 0 spiro atoms. The fourth-order valence-electron chi connectivity index (χ4n) is 3.74. The summed E-state index contributed by atoms with van der Waals surface area (Å²) < 4.78 is 33.3. The number of piperidine rings is 1. The van der Waals surface area contributed by atoms with E-state index in [4.69, 9.17) is 4.74 Å². The first-order valence-corrected chi connectivity index (χ1v) is 10.7. The smallest absolute Gasteiger partial charge is 0.407 e. The zero-order valence-corrected chi connectivity index (χ0v) is 18.8. The van der Waals surface area contributed by atoms with Crippen molar-refractivity contribution in [2.45, 2.75) is 64.1 Å². The normalized spacial score (nSPS) is 18.6. The fraction of sp³-hybridized carbons (Fsp3) is 0.545. The molecule has 0 aromatic heterocycles. The van der Waals surface area contributed by atoms with E-state index in [0.717, 1.165) is 0 Å². The Kier molecular flexibility index (Phi) is 6.89. The predicted molar refractivity (Wildman–Crippen MR) is 115 cm³/mol. The molecule has 0 aliphatic carbocycles. The number of halogens is 2. The van der Waals surface area contributed by atoms with Gasteiger partial charge < -0.3 is 20.3 Å². The zero-order valence-electron chi connectivity index (χ0n) is 18.8. The maximum absolute atomic E-state index is 14.2. The first-order chi connectivity index (χ1) is 15.4. The second-order valence-electron chi connectivity index (χ2n) is 9.12. The molecule has 0 saturated carbocycles. The minimum absolute atomic E-state index is 0.105. The van der Waals surface area contributed by atoms with Gasteiger partial charge in [-0.1, -0.05) is 6.07 Å². The third-order valence-electron chi connectivity index (χ3n) is 5.28. The zero-order chi connectivity index (χ0) is 24.4. The van der Waals surface area contributed by atoms with Crippen molar-refractivity contribution >= 4 is 29.5 Å². The van der Waals surface area contributed by atoms with E-state index in [-0.39, 0.29) is 37.7 Å². The van der Waals surface area contributed by atoms with Crippen LogP contribution in [0.15, 0.2) is 18.2 Å². The maximum Gasteiger partial charge on any atom is 0.407 e. The van der Waals surface area contributed by atoms with Crippen molar-refractivity contribution in [1.29, 1.82) is 0 Å². The molecule has 11 heteroatoms. The summed E-state index contributed by atoms with van der Waals surface area (Å²) in [5.41, 5.74) is 0.741. The molecule has 4 amide bonds. The Balaban J connectivity index is 1.57. The number of hydrogen-bond donors (Lipinski definition) is 3. The van der Waals surface area contributed by atoms with Crippen LogP contribution in [0.5, 0.6) is 0 Å². The average Bonchev–Trinajstić information content (AvgIpc) is 3.03. The number of amides is 4. The highest BCUT2D eigenvalue weighted by Crippen LogP contribution is 2.32. The molecule has 1 saturated heterocycles. The van der Waals surface area contributed by atoms with Gasteiger partial charge in [-0.3, -0.25) is 19.7 Å². The number of hydrogen-bond acceptors (Lipinski definition) is 6.